The number of benzene rings is 1. The minimum Gasteiger partial charge on any atom is -0.490 e. The Balaban J connectivity index is 1.27. The average molecular weight is 424 g/mol. The molecule has 3 aliphatic heterocycles. The predicted octanol–water partition coefficient (Wildman–Crippen LogP) is 3.33. The summed E-state index contributed by atoms with van der Waals surface area (Å²) in [4.78, 5) is 21.4. The lowest BCUT2D eigenvalue weighted by Crippen LogP contribution is -2.38. The molecule has 164 valence electrons. The van der Waals surface area contributed by atoms with Crippen LogP contribution in [0.15, 0.2) is 36.5 Å². The minimum atomic E-state index is 0.0147. The molecule has 7 heteroatoms. The van der Waals surface area contributed by atoms with E-state index in [1.807, 2.05) is 42.3 Å². The second-order valence-corrected chi connectivity index (χ2v) is 8.49. The van der Waals surface area contributed by atoms with Gasteiger partial charge in [-0.3, -0.25) is 9.78 Å². The highest BCUT2D eigenvalue weighted by molar-refractivity contribution is 5.79. The number of hydrogen-bond donors (Lipinski definition) is 0. The molecular weight excluding hydrogens is 394 g/mol. The molecule has 0 aliphatic carbocycles. The second kappa shape index (κ2) is 8.75. The summed E-state index contributed by atoms with van der Waals surface area (Å²) >= 11 is 0. The van der Waals surface area contributed by atoms with Crippen molar-refractivity contribution in [3.05, 3.63) is 42.2 Å². The fourth-order valence-corrected chi connectivity index (χ4v) is 4.58. The van der Waals surface area contributed by atoms with Crippen molar-refractivity contribution < 1.29 is 19.0 Å². The number of anilines is 2. The molecule has 7 nitrogen and oxygen atoms in total. The van der Waals surface area contributed by atoms with Crippen LogP contribution in [0.4, 0.5) is 11.4 Å². The lowest BCUT2D eigenvalue weighted by Gasteiger charge is -2.31. The number of pyridine rings is 1. The highest BCUT2D eigenvalue weighted by Crippen LogP contribution is 2.39. The number of ether oxygens (including phenoxy) is 3. The SMILES string of the molecule is Cc1ccc(N2CCOc3ccc(OC4CCN(C(=O)C5CCOCC5)C4)cc32)cn1. The Morgan fingerprint density at radius 2 is 1.97 bits per heavy atom. The molecule has 0 bridgehead atoms. The number of fused-ring (bicyclic) bond motifs is 1. The molecule has 3 aliphatic rings. The molecule has 1 unspecified atom stereocenters. The first-order valence-electron chi connectivity index (χ1n) is 11.2. The molecule has 0 N–H and O–H groups in total. The maximum atomic E-state index is 12.8. The van der Waals surface area contributed by atoms with Gasteiger partial charge in [-0.15, -0.1) is 0 Å². The summed E-state index contributed by atoms with van der Waals surface area (Å²) in [5, 5.41) is 0. The van der Waals surface area contributed by atoms with Gasteiger partial charge in [-0.1, -0.05) is 0 Å². The van der Waals surface area contributed by atoms with Crippen LogP contribution in [0.1, 0.15) is 25.0 Å². The van der Waals surface area contributed by atoms with Crippen LogP contribution in [0.5, 0.6) is 11.5 Å². The number of nitrogens with zero attached hydrogens (tertiary/aromatic N) is 3. The van der Waals surface area contributed by atoms with E-state index in [-0.39, 0.29) is 17.9 Å². The van der Waals surface area contributed by atoms with E-state index in [1.165, 1.54) is 0 Å². The first kappa shape index (κ1) is 20.1. The minimum absolute atomic E-state index is 0.0147. The summed E-state index contributed by atoms with van der Waals surface area (Å²) in [6.45, 7) is 6.17. The zero-order valence-electron chi connectivity index (χ0n) is 18.0. The summed E-state index contributed by atoms with van der Waals surface area (Å²) in [6, 6.07) is 10.1. The number of amides is 1. The Labute approximate surface area is 182 Å². The molecule has 31 heavy (non-hydrogen) atoms. The maximum absolute atomic E-state index is 12.8. The van der Waals surface area contributed by atoms with Gasteiger partial charge in [-0.25, -0.2) is 0 Å². The van der Waals surface area contributed by atoms with Gasteiger partial charge in [0, 0.05) is 43.9 Å². The van der Waals surface area contributed by atoms with Crippen molar-refractivity contribution in [2.45, 2.75) is 32.3 Å². The van der Waals surface area contributed by atoms with Gasteiger partial charge in [0.25, 0.3) is 0 Å². The van der Waals surface area contributed by atoms with Crippen LogP contribution in [0.2, 0.25) is 0 Å². The third-order valence-corrected chi connectivity index (χ3v) is 6.33. The van der Waals surface area contributed by atoms with Crippen molar-refractivity contribution in [1.82, 2.24) is 9.88 Å². The van der Waals surface area contributed by atoms with E-state index >= 15 is 0 Å². The van der Waals surface area contributed by atoms with E-state index in [9.17, 15) is 4.79 Å². The van der Waals surface area contributed by atoms with Crippen LogP contribution in [-0.2, 0) is 9.53 Å². The topological polar surface area (TPSA) is 64.1 Å². The highest BCUT2D eigenvalue weighted by Gasteiger charge is 2.33. The van der Waals surface area contributed by atoms with Crippen LogP contribution in [0, 0.1) is 12.8 Å². The van der Waals surface area contributed by atoms with Crippen LogP contribution in [0.3, 0.4) is 0 Å². The lowest BCUT2D eigenvalue weighted by atomic mass is 9.99. The molecule has 1 amide bonds. The Morgan fingerprint density at radius 3 is 2.77 bits per heavy atom. The summed E-state index contributed by atoms with van der Waals surface area (Å²) in [6.07, 6.45) is 4.43. The molecule has 1 aromatic carbocycles. The first-order valence-corrected chi connectivity index (χ1v) is 11.2. The zero-order chi connectivity index (χ0) is 21.2. The number of aromatic nitrogens is 1. The molecule has 2 fully saturated rings. The third kappa shape index (κ3) is 4.32. The molecular formula is C24H29N3O4. The zero-order valence-corrected chi connectivity index (χ0v) is 18.0. The molecule has 5 rings (SSSR count). The van der Waals surface area contributed by atoms with E-state index in [0.717, 1.165) is 60.9 Å². The predicted molar refractivity (Wildman–Crippen MR) is 117 cm³/mol. The van der Waals surface area contributed by atoms with Crippen molar-refractivity contribution >= 4 is 17.3 Å². The average Bonchev–Trinajstić information content (AvgIpc) is 3.28. The standard InChI is InChI=1S/C24H29N3O4/c1-17-2-3-19(15-25-17)27-10-13-30-23-5-4-20(14-22(23)27)31-21-6-9-26(16-21)24(28)18-7-11-29-12-8-18/h2-5,14-15,18,21H,6-13,16H2,1H3. The van der Waals surface area contributed by atoms with E-state index in [4.69, 9.17) is 14.2 Å². The molecule has 2 aromatic rings. The van der Waals surface area contributed by atoms with E-state index in [2.05, 4.69) is 16.0 Å². The van der Waals surface area contributed by atoms with Gasteiger partial charge in [-0.2, -0.15) is 0 Å². The van der Waals surface area contributed by atoms with Gasteiger partial charge in [-0.05, 0) is 44.0 Å². The largest absolute Gasteiger partial charge is 0.490 e. The van der Waals surface area contributed by atoms with Crippen LogP contribution < -0.4 is 14.4 Å². The van der Waals surface area contributed by atoms with E-state index in [1.54, 1.807) is 0 Å². The molecule has 0 saturated carbocycles. The quantitative estimate of drug-likeness (QED) is 0.752. The Bertz CT molecular complexity index is 927. The van der Waals surface area contributed by atoms with Crippen LogP contribution >= 0.6 is 0 Å². The Hall–Kier alpha value is -2.80. The van der Waals surface area contributed by atoms with Gasteiger partial charge in [0.15, 0.2) is 0 Å². The van der Waals surface area contributed by atoms with Crippen LogP contribution in [-0.4, -0.2) is 61.3 Å². The van der Waals surface area contributed by atoms with E-state index in [0.29, 0.717) is 26.4 Å². The van der Waals surface area contributed by atoms with Crippen molar-refractivity contribution in [2.24, 2.45) is 5.92 Å². The van der Waals surface area contributed by atoms with Gasteiger partial charge in [0.05, 0.1) is 30.7 Å². The summed E-state index contributed by atoms with van der Waals surface area (Å²) in [5.74, 6) is 2.01. The number of hydrogen-bond acceptors (Lipinski definition) is 6. The normalized spacial score (nSPS) is 21.5. The fourth-order valence-electron chi connectivity index (χ4n) is 4.58. The summed E-state index contributed by atoms with van der Waals surface area (Å²) in [5.41, 5.74) is 3.03. The monoisotopic (exact) mass is 423 g/mol. The van der Waals surface area contributed by atoms with Gasteiger partial charge >= 0.3 is 0 Å². The lowest BCUT2D eigenvalue weighted by molar-refractivity contribution is -0.137. The van der Waals surface area contributed by atoms with Crippen molar-refractivity contribution in [2.75, 3.05) is 44.4 Å². The Kier molecular flexibility index (Phi) is 5.68. The third-order valence-electron chi connectivity index (χ3n) is 6.33. The molecule has 1 aromatic heterocycles. The van der Waals surface area contributed by atoms with Crippen molar-refractivity contribution in [1.29, 1.82) is 0 Å². The highest BCUT2D eigenvalue weighted by atomic mass is 16.5. The van der Waals surface area contributed by atoms with Crippen LogP contribution in [0.25, 0.3) is 0 Å². The van der Waals surface area contributed by atoms with Crippen molar-refractivity contribution in [3.8, 4) is 11.5 Å². The molecule has 0 spiro atoms. The van der Waals surface area contributed by atoms with E-state index < -0.39 is 0 Å². The molecule has 0 radical (unpaired) electrons. The smallest absolute Gasteiger partial charge is 0.225 e. The summed E-state index contributed by atoms with van der Waals surface area (Å²) < 4.78 is 17.5. The summed E-state index contributed by atoms with van der Waals surface area (Å²) in [7, 11) is 0. The number of carbonyl (C=O) groups is 1. The molecule has 1 atom stereocenters. The first-order chi connectivity index (χ1) is 15.2. The number of likely N-dealkylation sites (tertiary alicyclic amines) is 1. The number of rotatable bonds is 4. The van der Waals surface area contributed by atoms with Gasteiger partial charge in [0.1, 0.15) is 24.2 Å². The number of aryl methyl sites for hydroxylation is 1. The van der Waals surface area contributed by atoms with Gasteiger partial charge < -0.3 is 24.0 Å². The fraction of sp³-hybridized carbons (Fsp3) is 0.500. The second-order valence-electron chi connectivity index (χ2n) is 8.49. The van der Waals surface area contributed by atoms with Gasteiger partial charge in [0.2, 0.25) is 5.91 Å². The molecule has 4 heterocycles. The van der Waals surface area contributed by atoms with Crippen molar-refractivity contribution in [3.63, 3.8) is 0 Å². The molecule has 2 saturated heterocycles. The Morgan fingerprint density at radius 1 is 1.10 bits per heavy atom. The maximum Gasteiger partial charge on any atom is 0.225 e. The number of carbonyl (C=O) groups excluding carboxylic acids is 1.